The van der Waals surface area contributed by atoms with Gasteiger partial charge in [0, 0.05) is 13.1 Å². The average molecular weight is 327 g/mol. The van der Waals surface area contributed by atoms with Crippen molar-refractivity contribution in [1.29, 1.82) is 0 Å². The lowest BCUT2D eigenvalue weighted by Crippen LogP contribution is -2.50. The molecule has 6 nitrogen and oxygen atoms in total. The van der Waals surface area contributed by atoms with E-state index in [1.807, 2.05) is 18.2 Å². The fraction of sp³-hybridized carbons (Fsp3) is 0.333. The Hall–Kier alpha value is -2.60. The van der Waals surface area contributed by atoms with Crippen LogP contribution in [0.25, 0.3) is 0 Å². The van der Waals surface area contributed by atoms with Gasteiger partial charge in [-0.05, 0) is 36.1 Å². The lowest BCUT2D eigenvalue weighted by Gasteiger charge is -2.30. The summed E-state index contributed by atoms with van der Waals surface area (Å²) in [5.74, 6) is 1.11. The van der Waals surface area contributed by atoms with Crippen molar-refractivity contribution in [3.8, 4) is 11.6 Å². The Morgan fingerprint density at radius 2 is 2.04 bits per heavy atom. The molecule has 1 atom stereocenters. The molecule has 1 aliphatic rings. The van der Waals surface area contributed by atoms with Gasteiger partial charge in [-0.1, -0.05) is 12.1 Å². The van der Waals surface area contributed by atoms with E-state index in [-0.39, 0.29) is 5.91 Å². The number of anilines is 1. The van der Waals surface area contributed by atoms with E-state index in [0.717, 1.165) is 23.3 Å². The van der Waals surface area contributed by atoms with E-state index in [0.29, 0.717) is 18.0 Å². The van der Waals surface area contributed by atoms with Gasteiger partial charge in [-0.3, -0.25) is 4.79 Å². The van der Waals surface area contributed by atoms with Crippen LogP contribution in [-0.4, -0.2) is 32.2 Å². The van der Waals surface area contributed by atoms with Gasteiger partial charge in [-0.25, -0.2) is 4.98 Å². The number of ether oxygens (including phenoxy) is 2. The molecular weight excluding hydrogens is 306 g/mol. The number of aromatic nitrogens is 1. The first-order chi connectivity index (χ1) is 11.5. The summed E-state index contributed by atoms with van der Waals surface area (Å²) in [6.07, 6.45) is 2.87. The van der Waals surface area contributed by atoms with E-state index in [1.165, 1.54) is 0 Å². The van der Waals surface area contributed by atoms with Gasteiger partial charge in [0.2, 0.25) is 5.88 Å². The van der Waals surface area contributed by atoms with Gasteiger partial charge in [0.1, 0.15) is 11.3 Å². The fourth-order valence-electron chi connectivity index (χ4n) is 3.22. The van der Waals surface area contributed by atoms with E-state index in [9.17, 15) is 4.79 Å². The number of methoxy groups -OCH3 is 2. The van der Waals surface area contributed by atoms with Crippen LogP contribution in [-0.2, 0) is 16.8 Å². The van der Waals surface area contributed by atoms with Crippen LogP contribution in [0, 0.1) is 0 Å². The topological polar surface area (TPSA) is 77.7 Å². The Balaban J connectivity index is 1.93. The molecule has 2 aromatic rings. The smallest absolute Gasteiger partial charge is 0.251 e. The summed E-state index contributed by atoms with van der Waals surface area (Å²) in [6.45, 7) is 0. The highest BCUT2D eigenvalue weighted by Crippen LogP contribution is 2.41. The van der Waals surface area contributed by atoms with Crippen LogP contribution < -0.4 is 20.1 Å². The van der Waals surface area contributed by atoms with Gasteiger partial charge >= 0.3 is 0 Å². The Morgan fingerprint density at radius 1 is 1.25 bits per heavy atom. The second-order valence-corrected chi connectivity index (χ2v) is 5.88. The first-order valence-electron chi connectivity index (χ1n) is 7.74. The summed E-state index contributed by atoms with van der Waals surface area (Å²) in [4.78, 5) is 18.8. The molecule has 0 spiro atoms. The van der Waals surface area contributed by atoms with Crippen LogP contribution in [0.3, 0.4) is 0 Å². The summed E-state index contributed by atoms with van der Waals surface area (Å²) in [6, 6.07) is 9.17. The van der Waals surface area contributed by atoms with Crippen molar-refractivity contribution >= 4 is 11.6 Å². The van der Waals surface area contributed by atoms with E-state index >= 15 is 0 Å². The summed E-state index contributed by atoms with van der Waals surface area (Å²) in [7, 11) is 4.89. The molecule has 6 heteroatoms. The van der Waals surface area contributed by atoms with Gasteiger partial charge < -0.3 is 20.1 Å². The molecule has 126 valence electrons. The van der Waals surface area contributed by atoms with E-state index in [4.69, 9.17) is 15.2 Å². The minimum Gasteiger partial charge on any atom is -0.496 e. The number of carbonyl (C=O) groups is 1. The standard InChI is InChI=1S/C18H21N3O3/c1-21(12-7-8-16(24-3)20-11-12)17(22)18(19)10-9-13-14(18)5-4-6-15(13)23-2/h4-8,11H,9-10,19H2,1-3H3. The molecule has 1 aliphatic carbocycles. The molecule has 3 rings (SSSR count). The first-order valence-corrected chi connectivity index (χ1v) is 7.74. The van der Waals surface area contributed by atoms with Crippen molar-refractivity contribution in [2.45, 2.75) is 18.4 Å². The van der Waals surface area contributed by atoms with Crippen molar-refractivity contribution in [1.82, 2.24) is 4.98 Å². The number of hydrogen-bond acceptors (Lipinski definition) is 5. The largest absolute Gasteiger partial charge is 0.496 e. The third-order valence-electron chi connectivity index (χ3n) is 4.61. The SMILES string of the molecule is COc1ccc(N(C)C(=O)C2(N)CCc3c(OC)cccc32)cn1. The predicted molar refractivity (Wildman–Crippen MR) is 91.4 cm³/mol. The fourth-order valence-corrected chi connectivity index (χ4v) is 3.22. The van der Waals surface area contributed by atoms with E-state index < -0.39 is 5.54 Å². The van der Waals surface area contributed by atoms with Crippen molar-refractivity contribution in [3.63, 3.8) is 0 Å². The zero-order valence-corrected chi connectivity index (χ0v) is 14.1. The number of likely N-dealkylation sites (N-methyl/N-ethyl adjacent to an activating group) is 1. The summed E-state index contributed by atoms with van der Waals surface area (Å²) in [5.41, 5.74) is 8.00. The third-order valence-corrected chi connectivity index (χ3v) is 4.61. The van der Waals surface area contributed by atoms with Crippen LogP contribution in [0.15, 0.2) is 36.5 Å². The average Bonchev–Trinajstić information content (AvgIpc) is 2.99. The number of hydrogen-bond donors (Lipinski definition) is 1. The van der Waals surface area contributed by atoms with Crippen molar-refractivity contribution < 1.29 is 14.3 Å². The molecule has 0 radical (unpaired) electrons. The van der Waals surface area contributed by atoms with E-state index in [1.54, 1.807) is 44.5 Å². The van der Waals surface area contributed by atoms with Crippen LogP contribution >= 0.6 is 0 Å². The molecule has 2 N–H and O–H groups in total. The zero-order valence-electron chi connectivity index (χ0n) is 14.1. The normalized spacial score (nSPS) is 18.8. The van der Waals surface area contributed by atoms with Gasteiger partial charge in [-0.2, -0.15) is 0 Å². The molecule has 1 unspecified atom stereocenters. The third kappa shape index (κ3) is 2.49. The quantitative estimate of drug-likeness (QED) is 0.927. The molecule has 1 heterocycles. The molecular formula is C18H21N3O3. The number of pyridine rings is 1. The number of fused-ring (bicyclic) bond motifs is 1. The van der Waals surface area contributed by atoms with Crippen LogP contribution in [0.4, 0.5) is 5.69 Å². The molecule has 1 aromatic heterocycles. The van der Waals surface area contributed by atoms with Crippen LogP contribution in [0.5, 0.6) is 11.6 Å². The molecule has 0 saturated heterocycles. The maximum atomic E-state index is 13.1. The summed E-state index contributed by atoms with van der Waals surface area (Å²) in [5, 5.41) is 0. The van der Waals surface area contributed by atoms with Gasteiger partial charge in [0.05, 0.1) is 26.1 Å². The Morgan fingerprint density at radius 3 is 2.67 bits per heavy atom. The Kier molecular flexibility index (Phi) is 4.15. The highest BCUT2D eigenvalue weighted by atomic mass is 16.5. The summed E-state index contributed by atoms with van der Waals surface area (Å²) >= 11 is 0. The van der Waals surface area contributed by atoms with Crippen LogP contribution in [0.2, 0.25) is 0 Å². The number of carbonyl (C=O) groups excluding carboxylic acids is 1. The highest BCUT2D eigenvalue weighted by molar-refractivity contribution is 6.01. The monoisotopic (exact) mass is 327 g/mol. The Bertz CT molecular complexity index is 761. The first kappa shape index (κ1) is 16.3. The number of rotatable bonds is 4. The minimum atomic E-state index is -1.06. The minimum absolute atomic E-state index is 0.165. The maximum Gasteiger partial charge on any atom is 0.251 e. The zero-order chi connectivity index (χ0) is 17.3. The molecule has 24 heavy (non-hydrogen) atoms. The maximum absolute atomic E-state index is 13.1. The van der Waals surface area contributed by atoms with E-state index in [2.05, 4.69) is 4.98 Å². The molecule has 1 aromatic carbocycles. The highest BCUT2D eigenvalue weighted by Gasteiger charge is 2.44. The molecule has 0 saturated carbocycles. The molecule has 0 aliphatic heterocycles. The second kappa shape index (κ2) is 6.13. The Labute approximate surface area is 141 Å². The van der Waals surface area contributed by atoms with Gasteiger partial charge in [-0.15, -0.1) is 0 Å². The number of nitrogens with zero attached hydrogens (tertiary/aromatic N) is 2. The predicted octanol–water partition coefficient (Wildman–Crippen LogP) is 1.86. The lowest BCUT2D eigenvalue weighted by molar-refractivity contribution is -0.123. The number of amides is 1. The molecule has 0 fully saturated rings. The lowest BCUT2D eigenvalue weighted by atomic mass is 9.91. The number of benzene rings is 1. The van der Waals surface area contributed by atoms with Gasteiger partial charge in [0.25, 0.3) is 5.91 Å². The molecule has 1 amide bonds. The number of nitrogens with two attached hydrogens (primary N) is 1. The summed E-state index contributed by atoms with van der Waals surface area (Å²) < 4.78 is 10.4. The second-order valence-electron chi connectivity index (χ2n) is 5.88. The van der Waals surface area contributed by atoms with Crippen molar-refractivity contribution in [2.75, 3.05) is 26.2 Å². The molecule has 0 bridgehead atoms. The van der Waals surface area contributed by atoms with Crippen LogP contribution in [0.1, 0.15) is 17.5 Å². The van der Waals surface area contributed by atoms with Gasteiger partial charge in [0.15, 0.2) is 0 Å². The van der Waals surface area contributed by atoms with Crippen molar-refractivity contribution in [3.05, 3.63) is 47.7 Å². The van der Waals surface area contributed by atoms with Crippen molar-refractivity contribution in [2.24, 2.45) is 5.73 Å².